The fourth-order valence-corrected chi connectivity index (χ4v) is 1.99. The fourth-order valence-electron chi connectivity index (χ4n) is 1.99. The standard InChI is InChI=1S/C13H18N4O2/c1-9-4-10(5-14)17-12(16-9)18-7-11-6-15-8-13(2,3)19-11/h4,11,15H,6-8H2,1-3H3. The monoisotopic (exact) mass is 262 g/mol. The molecule has 2 heterocycles. The lowest BCUT2D eigenvalue weighted by atomic mass is 10.1. The number of morpholine rings is 1. The Morgan fingerprint density at radius 2 is 2.37 bits per heavy atom. The maximum Gasteiger partial charge on any atom is 0.317 e. The maximum atomic E-state index is 8.84. The normalized spacial score (nSPS) is 21.7. The lowest BCUT2D eigenvalue weighted by molar-refractivity contribution is -0.107. The van der Waals surface area contributed by atoms with Crippen molar-refractivity contribution in [3.63, 3.8) is 0 Å². The van der Waals surface area contributed by atoms with E-state index in [0.29, 0.717) is 18.0 Å². The van der Waals surface area contributed by atoms with Gasteiger partial charge in [-0.1, -0.05) is 0 Å². The summed E-state index contributed by atoms with van der Waals surface area (Å²) < 4.78 is 11.4. The van der Waals surface area contributed by atoms with Crippen molar-refractivity contribution in [2.24, 2.45) is 0 Å². The van der Waals surface area contributed by atoms with Gasteiger partial charge in [-0.15, -0.1) is 0 Å². The van der Waals surface area contributed by atoms with Crippen LogP contribution < -0.4 is 10.1 Å². The van der Waals surface area contributed by atoms with E-state index >= 15 is 0 Å². The van der Waals surface area contributed by atoms with Crippen molar-refractivity contribution in [3.05, 3.63) is 17.5 Å². The molecule has 2 rings (SSSR count). The summed E-state index contributed by atoms with van der Waals surface area (Å²) >= 11 is 0. The molecule has 0 radical (unpaired) electrons. The number of ether oxygens (including phenoxy) is 2. The Bertz CT molecular complexity index is 496. The number of aryl methyl sites for hydroxylation is 1. The SMILES string of the molecule is Cc1cc(C#N)nc(OCC2CNCC(C)(C)O2)n1. The van der Waals surface area contributed by atoms with Gasteiger partial charge in [0.2, 0.25) is 0 Å². The molecule has 102 valence electrons. The molecule has 0 bridgehead atoms. The summed E-state index contributed by atoms with van der Waals surface area (Å²) in [5, 5.41) is 12.1. The van der Waals surface area contributed by atoms with Gasteiger partial charge in [-0.05, 0) is 26.8 Å². The quantitative estimate of drug-likeness (QED) is 0.868. The molecule has 6 nitrogen and oxygen atoms in total. The minimum absolute atomic E-state index is 0.0432. The van der Waals surface area contributed by atoms with E-state index in [0.717, 1.165) is 13.1 Å². The number of hydrogen-bond acceptors (Lipinski definition) is 6. The molecule has 1 saturated heterocycles. The first kappa shape index (κ1) is 13.7. The molecule has 6 heteroatoms. The first-order valence-electron chi connectivity index (χ1n) is 6.26. The first-order valence-corrected chi connectivity index (χ1v) is 6.26. The smallest absolute Gasteiger partial charge is 0.317 e. The summed E-state index contributed by atoms with van der Waals surface area (Å²) in [4.78, 5) is 8.14. The van der Waals surface area contributed by atoms with Gasteiger partial charge in [-0.2, -0.15) is 10.2 Å². The van der Waals surface area contributed by atoms with E-state index in [2.05, 4.69) is 15.3 Å². The van der Waals surface area contributed by atoms with Crippen molar-refractivity contribution in [1.29, 1.82) is 5.26 Å². The predicted octanol–water partition coefficient (Wildman–Crippen LogP) is 0.802. The van der Waals surface area contributed by atoms with E-state index in [1.807, 2.05) is 19.9 Å². The van der Waals surface area contributed by atoms with Crippen molar-refractivity contribution < 1.29 is 9.47 Å². The summed E-state index contributed by atoms with van der Waals surface area (Å²) in [6, 6.07) is 3.83. The van der Waals surface area contributed by atoms with Gasteiger partial charge in [-0.3, -0.25) is 0 Å². The van der Waals surface area contributed by atoms with E-state index in [9.17, 15) is 0 Å². The summed E-state index contributed by atoms with van der Waals surface area (Å²) in [6.07, 6.45) is -0.0432. The van der Waals surface area contributed by atoms with E-state index in [4.69, 9.17) is 14.7 Å². The molecule has 0 aromatic carbocycles. The van der Waals surface area contributed by atoms with Gasteiger partial charge < -0.3 is 14.8 Å². The summed E-state index contributed by atoms with van der Waals surface area (Å²) in [5.74, 6) is 0. The highest BCUT2D eigenvalue weighted by Gasteiger charge is 2.28. The second kappa shape index (κ2) is 5.51. The van der Waals surface area contributed by atoms with Crippen molar-refractivity contribution in [2.45, 2.75) is 32.5 Å². The molecule has 1 fully saturated rings. The molecule has 0 spiro atoms. The Balaban J connectivity index is 1.95. The third-order valence-corrected chi connectivity index (χ3v) is 2.76. The zero-order valence-corrected chi connectivity index (χ0v) is 11.4. The van der Waals surface area contributed by atoms with Crippen LogP contribution in [0.1, 0.15) is 25.2 Å². The van der Waals surface area contributed by atoms with Crippen LogP contribution in [0.2, 0.25) is 0 Å². The minimum atomic E-state index is -0.197. The average Bonchev–Trinajstić information content (AvgIpc) is 2.34. The van der Waals surface area contributed by atoms with E-state index in [1.54, 1.807) is 13.0 Å². The topological polar surface area (TPSA) is 80.1 Å². The number of aromatic nitrogens is 2. The molecule has 1 N–H and O–H groups in total. The van der Waals surface area contributed by atoms with Crippen LogP contribution >= 0.6 is 0 Å². The molecule has 1 unspecified atom stereocenters. The number of nitrogens with one attached hydrogen (secondary N) is 1. The Kier molecular flexibility index (Phi) is 3.98. The van der Waals surface area contributed by atoms with Crippen molar-refractivity contribution in [2.75, 3.05) is 19.7 Å². The summed E-state index contributed by atoms with van der Waals surface area (Å²) in [5.41, 5.74) is 0.826. The van der Waals surface area contributed by atoms with Crippen LogP contribution in [-0.2, 0) is 4.74 Å². The average molecular weight is 262 g/mol. The van der Waals surface area contributed by atoms with Crippen LogP contribution in [0.4, 0.5) is 0 Å². The molecule has 1 aliphatic rings. The molecular formula is C13H18N4O2. The second-order valence-electron chi connectivity index (χ2n) is 5.23. The van der Waals surface area contributed by atoms with Gasteiger partial charge in [0.25, 0.3) is 0 Å². The Morgan fingerprint density at radius 1 is 1.58 bits per heavy atom. The Morgan fingerprint density at radius 3 is 3.05 bits per heavy atom. The van der Waals surface area contributed by atoms with Crippen LogP contribution in [0, 0.1) is 18.3 Å². The molecule has 1 aliphatic heterocycles. The number of rotatable bonds is 3. The lowest BCUT2D eigenvalue weighted by Gasteiger charge is -2.36. The van der Waals surface area contributed by atoms with Crippen molar-refractivity contribution >= 4 is 0 Å². The van der Waals surface area contributed by atoms with E-state index in [-0.39, 0.29) is 17.7 Å². The molecule has 0 amide bonds. The predicted molar refractivity (Wildman–Crippen MR) is 68.8 cm³/mol. The third-order valence-electron chi connectivity index (χ3n) is 2.76. The van der Waals surface area contributed by atoms with Crippen LogP contribution in [0.25, 0.3) is 0 Å². The molecule has 1 aromatic heterocycles. The highest BCUT2D eigenvalue weighted by molar-refractivity contribution is 5.23. The molecule has 1 aromatic rings. The molecule has 0 aliphatic carbocycles. The third kappa shape index (κ3) is 3.88. The van der Waals surface area contributed by atoms with Crippen LogP contribution in [0.3, 0.4) is 0 Å². The highest BCUT2D eigenvalue weighted by atomic mass is 16.6. The lowest BCUT2D eigenvalue weighted by Crippen LogP contribution is -2.52. The minimum Gasteiger partial charge on any atom is -0.461 e. The van der Waals surface area contributed by atoms with Gasteiger partial charge in [0.1, 0.15) is 24.5 Å². The largest absolute Gasteiger partial charge is 0.461 e. The summed E-state index contributed by atoms with van der Waals surface area (Å²) in [6.45, 7) is 7.79. The van der Waals surface area contributed by atoms with Gasteiger partial charge in [-0.25, -0.2) is 4.98 Å². The van der Waals surface area contributed by atoms with Crippen LogP contribution in [0.5, 0.6) is 6.01 Å². The number of nitriles is 1. The van der Waals surface area contributed by atoms with Crippen LogP contribution in [-0.4, -0.2) is 41.4 Å². The second-order valence-corrected chi connectivity index (χ2v) is 5.23. The number of nitrogens with zero attached hydrogens (tertiary/aromatic N) is 3. The molecule has 0 saturated carbocycles. The molecule has 1 atom stereocenters. The van der Waals surface area contributed by atoms with Crippen molar-refractivity contribution in [1.82, 2.24) is 15.3 Å². The zero-order valence-electron chi connectivity index (χ0n) is 11.4. The van der Waals surface area contributed by atoms with Gasteiger partial charge in [0.05, 0.1) is 5.60 Å². The maximum absolute atomic E-state index is 8.84. The highest BCUT2D eigenvalue weighted by Crippen LogP contribution is 2.16. The molecule has 19 heavy (non-hydrogen) atoms. The van der Waals surface area contributed by atoms with Crippen LogP contribution in [0.15, 0.2) is 6.07 Å². The Hall–Kier alpha value is -1.71. The van der Waals surface area contributed by atoms with Gasteiger partial charge in [0.15, 0.2) is 0 Å². The van der Waals surface area contributed by atoms with E-state index in [1.165, 1.54) is 0 Å². The molecular weight excluding hydrogens is 244 g/mol. The zero-order chi connectivity index (χ0) is 13.9. The fraction of sp³-hybridized carbons (Fsp3) is 0.615. The van der Waals surface area contributed by atoms with Gasteiger partial charge in [0, 0.05) is 18.8 Å². The summed E-state index contributed by atoms with van der Waals surface area (Å²) in [7, 11) is 0. The Labute approximate surface area is 112 Å². The van der Waals surface area contributed by atoms with Crippen molar-refractivity contribution in [3.8, 4) is 12.1 Å². The van der Waals surface area contributed by atoms with Gasteiger partial charge >= 0.3 is 6.01 Å². The number of hydrogen-bond donors (Lipinski definition) is 1. The first-order chi connectivity index (χ1) is 8.98. The van der Waals surface area contributed by atoms with E-state index < -0.39 is 0 Å².